The largest absolute Gasteiger partial charge is 0.375 e. The number of hydrazone groups is 1. The maximum Gasteiger partial charge on any atom is 0.186 e. The first-order chi connectivity index (χ1) is 19.9. The van der Waals surface area contributed by atoms with E-state index in [-0.39, 0.29) is 5.11 Å². The molecule has 4 aromatic heterocycles. The molecule has 0 aliphatic rings. The van der Waals surface area contributed by atoms with E-state index in [2.05, 4.69) is 20.1 Å². The molecule has 0 unspecified atom stereocenters. The summed E-state index contributed by atoms with van der Waals surface area (Å²) in [6.45, 7) is 0. The first-order valence-corrected chi connectivity index (χ1v) is 13.0. The van der Waals surface area contributed by atoms with Crippen molar-refractivity contribution in [3.05, 3.63) is 96.8 Å². The highest BCUT2D eigenvalue weighted by Crippen LogP contribution is 2.24. The highest BCUT2D eigenvalue weighted by atomic mass is 32.1. The maximum absolute atomic E-state index is 11.2. The molecule has 0 saturated heterocycles. The number of fused-ring (bicyclic) bond motifs is 2. The Balaban J connectivity index is 0.000000169. The van der Waals surface area contributed by atoms with Gasteiger partial charge in [-0.25, -0.2) is 24.9 Å². The normalized spacial score (nSPS) is 11.0. The molecule has 11 heteroatoms. The van der Waals surface area contributed by atoms with E-state index in [0.29, 0.717) is 5.56 Å². The number of hydrogen-bond donors (Lipinski definition) is 1. The van der Waals surface area contributed by atoms with E-state index in [1.165, 1.54) is 5.01 Å². The van der Waals surface area contributed by atoms with Crippen LogP contribution in [0.25, 0.3) is 44.6 Å². The lowest BCUT2D eigenvalue weighted by molar-refractivity contribution is 0.112. The number of thiocarbonyl (C=S) groups is 1. The Labute approximate surface area is 241 Å². The van der Waals surface area contributed by atoms with Crippen molar-refractivity contribution in [1.82, 2.24) is 34.1 Å². The summed E-state index contributed by atoms with van der Waals surface area (Å²) in [5, 5.41) is 7.83. The van der Waals surface area contributed by atoms with Gasteiger partial charge in [-0.3, -0.25) is 4.79 Å². The molecule has 0 saturated carbocycles. The number of aromatic nitrogens is 6. The Kier molecular flexibility index (Phi) is 7.88. The lowest BCUT2D eigenvalue weighted by Gasteiger charge is -2.10. The fourth-order valence-corrected chi connectivity index (χ4v) is 4.33. The van der Waals surface area contributed by atoms with E-state index in [1.807, 2.05) is 77.8 Å². The molecule has 4 heterocycles. The minimum absolute atomic E-state index is 0.214. The van der Waals surface area contributed by atoms with E-state index >= 15 is 0 Å². The van der Waals surface area contributed by atoms with E-state index < -0.39 is 0 Å². The van der Waals surface area contributed by atoms with E-state index in [4.69, 9.17) is 22.9 Å². The number of nitrogens with two attached hydrogens (primary N) is 1. The summed E-state index contributed by atoms with van der Waals surface area (Å²) in [4.78, 5) is 28.7. The van der Waals surface area contributed by atoms with Gasteiger partial charge in [0.2, 0.25) is 0 Å². The average molecular weight is 562 g/mol. The van der Waals surface area contributed by atoms with Gasteiger partial charge in [0.25, 0.3) is 0 Å². The Morgan fingerprint density at radius 2 is 1.34 bits per heavy atom. The number of aldehydes is 1. The Morgan fingerprint density at radius 1 is 0.854 bits per heavy atom. The second-order valence-electron chi connectivity index (χ2n) is 9.23. The Morgan fingerprint density at radius 3 is 1.80 bits per heavy atom. The van der Waals surface area contributed by atoms with Gasteiger partial charge >= 0.3 is 0 Å². The highest BCUT2D eigenvalue weighted by molar-refractivity contribution is 7.80. The topological polar surface area (TPSA) is 120 Å². The van der Waals surface area contributed by atoms with Crippen LogP contribution in [-0.2, 0) is 14.1 Å². The first kappa shape index (κ1) is 27.3. The van der Waals surface area contributed by atoms with E-state index in [0.717, 1.165) is 56.4 Å². The average Bonchev–Trinajstić information content (AvgIpc) is 3.62. The van der Waals surface area contributed by atoms with Crippen molar-refractivity contribution < 1.29 is 4.79 Å². The van der Waals surface area contributed by atoms with Crippen LogP contribution >= 0.6 is 12.2 Å². The number of benzene rings is 2. The lowest BCUT2D eigenvalue weighted by atomic mass is 10.1. The fraction of sp³-hybridized carbons (Fsp3) is 0.100. The summed E-state index contributed by atoms with van der Waals surface area (Å²) < 4.78 is 3.81. The summed E-state index contributed by atoms with van der Waals surface area (Å²) in [7, 11) is 5.55. The molecule has 0 spiro atoms. The van der Waals surface area contributed by atoms with Crippen molar-refractivity contribution >= 4 is 51.6 Å². The van der Waals surface area contributed by atoms with Gasteiger partial charge in [-0.1, -0.05) is 36.4 Å². The molecule has 0 amide bonds. The van der Waals surface area contributed by atoms with Gasteiger partial charge in [-0.15, -0.1) is 0 Å². The van der Waals surface area contributed by atoms with Gasteiger partial charge in [-0.05, 0) is 36.5 Å². The molecule has 2 N–H and O–H groups in total. The third-order valence-electron chi connectivity index (χ3n) is 6.47. The zero-order valence-corrected chi connectivity index (χ0v) is 23.5. The van der Waals surface area contributed by atoms with Crippen LogP contribution in [0.4, 0.5) is 0 Å². The van der Waals surface area contributed by atoms with Crippen molar-refractivity contribution in [2.75, 3.05) is 7.05 Å². The standard InChI is InChI=1S/C16H16N6S.C14H11N3O/c1-21-10-18-9-15(21)14-7-11(8-19-22(2)16(17)23)12-5-3-4-6-13(12)20-14;1-17-9-15-7-14(17)13-6-10(8-18)11-4-2-3-5-12(11)16-13/h3-10H,1-2H3,(H2,17,23);2-9H,1H3/b19-8+;. The molecule has 0 aliphatic carbocycles. The third kappa shape index (κ3) is 5.85. The minimum atomic E-state index is 0.214. The van der Waals surface area contributed by atoms with Crippen molar-refractivity contribution in [3.63, 3.8) is 0 Å². The van der Waals surface area contributed by atoms with Gasteiger partial charge in [0, 0.05) is 43.0 Å². The monoisotopic (exact) mass is 561 g/mol. The summed E-state index contributed by atoms with van der Waals surface area (Å²) in [6.07, 6.45) is 9.60. The van der Waals surface area contributed by atoms with Gasteiger partial charge in [0.1, 0.15) is 0 Å². The van der Waals surface area contributed by atoms with Crippen molar-refractivity contribution in [3.8, 4) is 22.8 Å². The molecule has 0 fully saturated rings. The zero-order chi connectivity index (χ0) is 28.9. The SMILES string of the molecule is CN(/N=C/c1cc(-c2cncn2C)nc2ccccc12)C(N)=S.Cn1cncc1-c1cc(C=O)c2ccccc2n1. The van der Waals surface area contributed by atoms with E-state index in [9.17, 15) is 4.79 Å². The number of rotatable bonds is 5. The van der Waals surface area contributed by atoms with Crippen LogP contribution in [-0.4, -0.2) is 58.7 Å². The molecule has 6 rings (SSSR count). The van der Waals surface area contributed by atoms with Crippen molar-refractivity contribution in [2.24, 2.45) is 24.9 Å². The summed E-state index contributed by atoms with van der Waals surface area (Å²) in [5.74, 6) is 0. The molecular weight excluding hydrogens is 534 g/mol. The third-order valence-corrected chi connectivity index (χ3v) is 6.73. The Bertz CT molecular complexity index is 1910. The quantitative estimate of drug-likeness (QED) is 0.140. The van der Waals surface area contributed by atoms with E-state index in [1.54, 1.807) is 44.4 Å². The summed E-state index contributed by atoms with van der Waals surface area (Å²) in [6, 6.07) is 19.3. The highest BCUT2D eigenvalue weighted by Gasteiger charge is 2.10. The molecule has 204 valence electrons. The smallest absolute Gasteiger partial charge is 0.186 e. The van der Waals surface area contributed by atoms with Crippen LogP contribution in [0.2, 0.25) is 0 Å². The minimum Gasteiger partial charge on any atom is -0.375 e. The number of nitrogens with zero attached hydrogens (tertiary/aromatic N) is 8. The molecule has 0 bridgehead atoms. The second-order valence-corrected chi connectivity index (χ2v) is 9.65. The predicted octanol–water partition coefficient (Wildman–Crippen LogP) is 4.59. The van der Waals surface area contributed by atoms with Gasteiger partial charge < -0.3 is 14.9 Å². The zero-order valence-electron chi connectivity index (χ0n) is 22.7. The summed E-state index contributed by atoms with van der Waals surface area (Å²) in [5.41, 5.74) is 12.3. The van der Waals surface area contributed by atoms with Gasteiger partial charge in [0.05, 0.1) is 65.1 Å². The first-order valence-electron chi connectivity index (χ1n) is 12.6. The van der Waals surface area contributed by atoms with Crippen molar-refractivity contribution in [1.29, 1.82) is 0 Å². The van der Waals surface area contributed by atoms with Gasteiger partial charge in [-0.2, -0.15) is 5.10 Å². The molecular formula is C30H27N9OS. The van der Waals surface area contributed by atoms with Crippen LogP contribution in [0.1, 0.15) is 15.9 Å². The number of aryl methyl sites for hydroxylation is 2. The fourth-order valence-electron chi connectivity index (χ4n) is 4.29. The van der Waals surface area contributed by atoms with Crippen molar-refractivity contribution in [2.45, 2.75) is 0 Å². The maximum atomic E-state index is 11.2. The lowest BCUT2D eigenvalue weighted by Crippen LogP contribution is -2.27. The number of carbonyl (C=O) groups is 1. The second kappa shape index (κ2) is 11.8. The van der Waals surface area contributed by atoms with Crippen LogP contribution in [0.15, 0.2) is 90.8 Å². The molecule has 2 aromatic carbocycles. The van der Waals surface area contributed by atoms with Crippen LogP contribution in [0.5, 0.6) is 0 Å². The molecule has 0 radical (unpaired) electrons. The molecule has 41 heavy (non-hydrogen) atoms. The molecule has 10 nitrogen and oxygen atoms in total. The summed E-state index contributed by atoms with van der Waals surface area (Å²) >= 11 is 4.90. The number of carbonyl (C=O) groups excluding carboxylic acids is 1. The molecule has 0 aliphatic heterocycles. The van der Waals surface area contributed by atoms with Crippen LogP contribution in [0.3, 0.4) is 0 Å². The number of hydrogen-bond acceptors (Lipinski definition) is 7. The van der Waals surface area contributed by atoms with Crippen LogP contribution in [0, 0.1) is 0 Å². The number of imidazole rings is 2. The predicted molar refractivity (Wildman–Crippen MR) is 165 cm³/mol. The number of pyridine rings is 2. The van der Waals surface area contributed by atoms with Crippen LogP contribution < -0.4 is 5.73 Å². The molecule has 0 atom stereocenters. The Hall–Kier alpha value is -5.29. The van der Waals surface area contributed by atoms with Gasteiger partial charge in [0.15, 0.2) is 11.4 Å². The molecule has 6 aromatic rings. The number of para-hydroxylation sites is 2.